The van der Waals surface area contributed by atoms with E-state index < -0.39 is 0 Å². The van der Waals surface area contributed by atoms with Crippen LogP contribution in [0.25, 0.3) is 6.08 Å². The highest BCUT2D eigenvalue weighted by molar-refractivity contribution is 8.26. The number of carbonyl (C=O) groups is 2. The zero-order valence-electron chi connectivity index (χ0n) is 15.4. The van der Waals surface area contributed by atoms with Gasteiger partial charge in [0.15, 0.2) is 0 Å². The molecule has 144 valence electrons. The molecule has 2 aromatic rings. The van der Waals surface area contributed by atoms with Crippen LogP contribution in [0.5, 0.6) is 5.75 Å². The topological polar surface area (TPSA) is 58.6 Å². The summed E-state index contributed by atoms with van der Waals surface area (Å²) in [6.07, 6.45) is 2.67. The summed E-state index contributed by atoms with van der Waals surface area (Å²) in [6.45, 7) is 0.419. The molecule has 0 spiro atoms. The zero-order chi connectivity index (χ0) is 19.9. The number of hydrogen-bond donors (Lipinski definition) is 1. The lowest BCUT2D eigenvalue weighted by atomic mass is 10.2. The number of thioether (sulfide) groups is 1. The number of anilines is 1. The number of carbonyl (C=O) groups excluding carboxylic acids is 2. The van der Waals surface area contributed by atoms with Crippen LogP contribution in [0.4, 0.5) is 5.69 Å². The molecule has 0 aromatic heterocycles. The molecule has 1 aliphatic heterocycles. The highest BCUT2D eigenvalue weighted by Crippen LogP contribution is 2.33. The Labute approximate surface area is 173 Å². The van der Waals surface area contributed by atoms with Gasteiger partial charge >= 0.3 is 0 Å². The molecule has 0 aliphatic carbocycles. The predicted molar refractivity (Wildman–Crippen MR) is 117 cm³/mol. The Bertz CT molecular complexity index is 913. The summed E-state index contributed by atoms with van der Waals surface area (Å²) in [4.78, 5) is 26.8. The molecule has 1 heterocycles. The van der Waals surface area contributed by atoms with Crippen molar-refractivity contribution in [3.63, 3.8) is 0 Å². The van der Waals surface area contributed by atoms with E-state index in [0.29, 0.717) is 28.6 Å². The molecule has 1 aliphatic rings. The second-order valence-corrected chi connectivity index (χ2v) is 7.80. The molecular weight excluding hydrogens is 392 g/mol. The van der Waals surface area contributed by atoms with Gasteiger partial charge in [-0.05, 0) is 42.3 Å². The fraction of sp³-hybridized carbons (Fsp3) is 0.190. The summed E-state index contributed by atoms with van der Waals surface area (Å²) in [5.74, 6) is 0.526. The molecule has 2 amide bonds. The van der Waals surface area contributed by atoms with Gasteiger partial charge in [-0.2, -0.15) is 0 Å². The van der Waals surface area contributed by atoms with Crippen LogP contribution in [0.3, 0.4) is 0 Å². The first-order chi connectivity index (χ1) is 13.6. The standard InChI is InChI=1S/C21H20N2O3S2/c1-26-17-10-5-7-15(13-17)14-18-20(25)23(21(27)28-18)12-6-11-19(24)22-16-8-3-2-4-9-16/h2-5,7-10,13-14H,6,11-12H2,1H3,(H,22,24)/b18-14-. The average molecular weight is 413 g/mol. The largest absolute Gasteiger partial charge is 0.497 e. The molecule has 5 nitrogen and oxygen atoms in total. The number of methoxy groups -OCH3 is 1. The quantitative estimate of drug-likeness (QED) is 0.542. The van der Waals surface area contributed by atoms with Crippen molar-refractivity contribution in [2.75, 3.05) is 19.0 Å². The Hall–Kier alpha value is -2.64. The molecule has 0 bridgehead atoms. The maximum atomic E-state index is 12.7. The molecule has 0 unspecified atom stereocenters. The van der Waals surface area contributed by atoms with Gasteiger partial charge in [-0.3, -0.25) is 14.5 Å². The molecule has 1 saturated heterocycles. The third-order valence-electron chi connectivity index (χ3n) is 4.11. The fourth-order valence-corrected chi connectivity index (χ4v) is 4.03. The number of rotatable bonds is 7. The summed E-state index contributed by atoms with van der Waals surface area (Å²) in [5, 5.41) is 2.84. The summed E-state index contributed by atoms with van der Waals surface area (Å²) < 4.78 is 5.73. The van der Waals surface area contributed by atoms with Crippen molar-refractivity contribution in [2.45, 2.75) is 12.8 Å². The van der Waals surface area contributed by atoms with E-state index in [4.69, 9.17) is 17.0 Å². The van der Waals surface area contributed by atoms with Gasteiger partial charge in [0.05, 0.1) is 12.0 Å². The Morgan fingerprint density at radius 2 is 2.00 bits per heavy atom. The second kappa shape index (κ2) is 9.52. The Morgan fingerprint density at radius 1 is 1.21 bits per heavy atom. The lowest BCUT2D eigenvalue weighted by molar-refractivity contribution is -0.122. The molecular formula is C21H20N2O3S2. The summed E-state index contributed by atoms with van der Waals surface area (Å²) in [6, 6.07) is 16.8. The van der Waals surface area contributed by atoms with Crippen molar-refractivity contribution in [3.8, 4) is 5.75 Å². The van der Waals surface area contributed by atoms with E-state index in [1.165, 1.54) is 11.8 Å². The highest BCUT2D eigenvalue weighted by atomic mass is 32.2. The first kappa shape index (κ1) is 20.1. The summed E-state index contributed by atoms with van der Waals surface area (Å²) in [7, 11) is 1.60. The smallest absolute Gasteiger partial charge is 0.266 e. The third-order valence-corrected chi connectivity index (χ3v) is 5.49. The van der Waals surface area contributed by atoms with Crippen molar-refractivity contribution < 1.29 is 14.3 Å². The minimum Gasteiger partial charge on any atom is -0.497 e. The van der Waals surface area contributed by atoms with Crippen LogP contribution in [-0.2, 0) is 9.59 Å². The summed E-state index contributed by atoms with van der Waals surface area (Å²) >= 11 is 6.62. The van der Waals surface area contributed by atoms with E-state index in [0.717, 1.165) is 17.0 Å². The molecule has 1 N–H and O–H groups in total. The van der Waals surface area contributed by atoms with Gasteiger partial charge in [0.25, 0.3) is 5.91 Å². The van der Waals surface area contributed by atoms with Crippen LogP contribution in [-0.4, -0.2) is 34.7 Å². The Balaban J connectivity index is 1.55. The van der Waals surface area contributed by atoms with Crippen LogP contribution in [0.15, 0.2) is 59.5 Å². The van der Waals surface area contributed by atoms with Gasteiger partial charge in [-0.15, -0.1) is 0 Å². The first-order valence-corrected chi connectivity index (χ1v) is 10.0. The Morgan fingerprint density at radius 3 is 2.75 bits per heavy atom. The van der Waals surface area contributed by atoms with E-state index in [1.54, 1.807) is 12.0 Å². The molecule has 0 saturated carbocycles. The van der Waals surface area contributed by atoms with Gasteiger partial charge in [-0.1, -0.05) is 54.3 Å². The molecule has 1 fully saturated rings. The molecule has 7 heteroatoms. The summed E-state index contributed by atoms with van der Waals surface area (Å²) in [5.41, 5.74) is 1.64. The zero-order valence-corrected chi connectivity index (χ0v) is 17.0. The van der Waals surface area contributed by atoms with Gasteiger partial charge in [-0.25, -0.2) is 0 Å². The Kier molecular flexibility index (Phi) is 6.84. The molecule has 28 heavy (non-hydrogen) atoms. The minimum atomic E-state index is -0.124. The van der Waals surface area contributed by atoms with E-state index in [2.05, 4.69) is 5.32 Å². The van der Waals surface area contributed by atoms with Crippen molar-refractivity contribution >= 4 is 51.9 Å². The fourth-order valence-electron chi connectivity index (χ4n) is 2.72. The van der Waals surface area contributed by atoms with E-state index in [1.807, 2.05) is 60.7 Å². The molecule has 3 rings (SSSR count). The predicted octanol–water partition coefficient (Wildman–Crippen LogP) is 4.32. The van der Waals surface area contributed by atoms with Gasteiger partial charge in [0.2, 0.25) is 5.91 Å². The van der Waals surface area contributed by atoms with Crippen LogP contribution < -0.4 is 10.1 Å². The first-order valence-electron chi connectivity index (χ1n) is 8.81. The van der Waals surface area contributed by atoms with Gasteiger partial charge < -0.3 is 10.1 Å². The lowest BCUT2D eigenvalue weighted by Crippen LogP contribution is -2.29. The number of benzene rings is 2. The molecule has 0 radical (unpaired) electrons. The number of nitrogens with one attached hydrogen (secondary N) is 1. The van der Waals surface area contributed by atoms with Crippen molar-refractivity contribution in [3.05, 3.63) is 65.1 Å². The number of para-hydroxylation sites is 1. The third kappa shape index (κ3) is 5.21. The number of nitrogens with zero attached hydrogens (tertiary/aromatic N) is 1. The van der Waals surface area contributed by atoms with Crippen molar-refractivity contribution in [1.82, 2.24) is 4.90 Å². The number of hydrogen-bond acceptors (Lipinski definition) is 5. The number of amides is 2. The monoisotopic (exact) mass is 412 g/mol. The van der Waals surface area contributed by atoms with E-state index in [-0.39, 0.29) is 11.8 Å². The van der Waals surface area contributed by atoms with Gasteiger partial charge in [0.1, 0.15) is 10.1 Å². The second-order valence-electron chi connectivity index (χ2n) is 6.13. The maximum Gasteiger partial charge on any atom is 0.266 e. The van der Waals surface area contributed by atoms with E-state index in [9.17, 15) is 9.59 Å². The SMILES string of the molecule is COc1cccc(/C=C2\SC(=S)N(CCCC(=O)Nc3ccccc3)C2=O)c1. The van der Waals surface area contributed by atoms with Gasteiger partial charge in [0, 0.05) is 18.7 Å². The lowest BCUT2D eigenvalue weighted by Gasteiger charge is -2.14. The van der Waals surface area contributed by atoms with Crippen LogP contribution in [0.2, 0.25) is 0 Å². The maximum absolute atomic E-state index is 12.7. The average Bonchev–Trinajstić information content (AvgIpc) is 2.96. The van der Waals surface area contributed by atoms with E-state index >= 15 is 0 Å². The van der Waals surface area contributed by atoms with Crippen molar-refractivity contribution in [1.29, 1.82) is 0 Å². The van der Waals surface area contributed by atoms with Crippen LogP contribution in [0, 0.1) is 0 Å². The molecule has 0 atom stereocenters. The van der Waals surface area contributed by atoms with Crippen molar-refractivity contribution in [2.24, 2.45) is 0 Å². The highest BCUT2D eigenvalue weighted by Gasteiger charge is 2.31. The number of ether oxygens (including phenoxy) is 1. The minimum absolute atomic E-state index is 0.0800. The molecule has 2 aromatic carbocycles. The number of thiocarbonyl (C=S) groups is 1. The van der Waals surface area contributed by atoms with Crippen LogP contribution in [0.1, 0.15) is 18.4 Å². The normalized spacial score (nSPS) is 15.2. The van der Waals surface area contributed by atoms with Crippen LogP contribution >= 0.6 is 24.0 Å².